The second kappa shape index (κ2) is 5.91. The first-order valence-electron chi connectivity index (χ1n) is 6.29. The molecule has 0 radical (unpaired) electrons. The third kappa shape index (κ3) is 2.71. The quantitative estimate of drug-likeness (QED) is 0.736. The zero-order valence-corrected chi connectivity index (χ0v) is 14.1. The third-order valence-electron chi connectivity index (χ3n) is 3.08. The van der Waals surface area contributed by atoms with E-state index in [0.717, 1.165) is 5.52 Å². The van der Waals surface area contributed by atoms with Gasteiger partial charge in [-0.3, -0.25) is 9.69 Å². The van der Waals surface area contributed by atoms with E-state index in [0.29, 0.717) is 26.6 Å². The van der Waals surface area contributed by atoms with Crippen LogP contribution in [0.3, 0.4) is 0 Å². The van der Waals surface area contributed by atoms with E-state index in [4.69, 9.17) is 23.2 Å². The van der Waals surface area contributed by atoms with E-state index in [1.807, 2.05) is 6.07 Å². The Bertz CT molecular complexity index is 797. The number of anilines is 1. The summed E-state index contributed by atoms with van der Waals surface area (Å²) in [6, 6.07) is 5.33. The van der Waals surface area contributed by atoms with Crippen LogP contribution in [0.4, 0.5) is 5.82 Å². The molecule has 1 aliphatic rings. The zero-order valence-electron chi connectivity index (χ0n) is 11.7. The number of carbonyl (C=O) groups is 1. The van der Waals surface area contributed by atoms with Gasteiger partial charge in [0.15, 0.2) is 11.0 Å². The van der Waals surface area contributed by atoms with Crippen molar-refractivity contribution in [1.82, 2.24) is 14.9 Å². The molecule has 6 nitrogen and oxygen atoms in total. The molecule has 3 rings (SSSR count). The number of hydrazone groups is 1. The van der Waals surface area contributed by atoms with Crippen LogP contribution in [0, 0.1) is 0 Å². The summed E-state index contributed by atoms with van der Waals surface area (Å²) in [4.78, 5) is 22.2. The molecule has 0 unspecified atom stereocenters. The van der Waals surface area contributed by atoms with E-state index in [1.165, 1.54) is 16.7 Å². The fourth-order valence-electron chi connectivity index (χ4n) is 1.90. The molecule has 0 saturated carbocycles. The van der Waals surface area contributed by atoms with E-state index >= 15 is 0 Å². The normalized spacial score (nSPS) is 13.8. The van der Waals surface area contributed by atoms with E-state index in [-0.39, 0.29) is 11.8 Å². The van der Waals surface area contributed by atoms with Gasteiger partial charge < -0.3 is 0 Å². The second-order valence-electron chi connectivity index (χ2n) is 4.58. The van der Waals surface area contributed by atoms with Crippen molar-refractivity contribution in [1.29, 1.82) is 0 Å². The van der Waals surface area contributed by atoms with Crippen molar-refractivity contribution in [3.05, 3.63) is 23.2 Å². The Morgan fingerprint density at radius 2 is 2.14 bits per heavy atom. The highest BCUT2D eigenvalue weighted by atomic mass is 35.5. The molecule has 0 saturated heterocycles. The molecule has 0 spiro atoms. The molecule has 0 atom stereocenters. The standard InChI is InChI=1S/C13H11Cl2N5OS/c1-19(10(21)6-14)13-18-20(2)11-12(22-13)17-9-5-7(15)3-4-8(9)16-11/h3-5H,6H2,1-2H3. The summed E-state index contributed by atoms with van der Waals surface area (Å²) in [7, 11) is 3.38. The van der Waals surface area contributed by atoms with Gasteiger partial charge in [0, 0.05) is 19.1 Å². The van der Waals surface area contributed by atoms with Crippen LogP contribution in [-0.4, -0.2) is 45.9 Å². The molecule has 0 aliphatic carbocycles. The topological polar surface area (TPSA) is 61.7 Å². The summed E-state index contributed by atoms with van der Waals surface area (Å²) in [6.45, 7) is 0. The second-order valence-corrected chi connectivity index (χ2v) is 6.24. The number of hydrogen-bond acceptors (Lipinski definition) is 6. The molecule has 0 N–H and O–H groups in total. The minimum absolute atomic E-state index is 0.105. The van der Waals surface area contributed by atoms with Crippen molar-refractivity contribution in [2.75, 3.05) is 25.0 Å². The first-order valence-corrected chi connectivity index (χ1v) is 8.02. The zero-order chi connectivity index (χ0) is 15.9. The monoisotopic (exact) mass is 355 g/mol. The Kier molecular flexibility index (Phi) is 4.12. The maximum Gasteiger partial charge on any atom is 0.243 e. The van der Waals surface area contributed by atoms with Gasteiger partial charge >= 0.3 is 0 Å². The van der Waals surface area contributed by atoms with Crippen LogP contribution in [0.15, 0.2) is 28.3 Å². The molecule has 0 fully saturated rings. The lowest BCUT2D eigenvalue weighted by Gasteiger charge is -2.26. The van der Waals surface area contributed by atoms with Crippen LogP contribution in [0.5, 0.6) is 0 Å². The molecular formula is C13H11Cl2N5OS. The summed E-state index contributed by atoms with van der Waals surface area (Å²) in [5.74, 6) is 0.294. The van der Waals surface area contributed by atoms with Crippen molar-refractivity contribution in [2.45, 2.75) is 5.03 Å². The summed E-state index contributed by atoms with van der Waals surface area (Å²) < 4.78 is 0. The molecule has 1 aliphatic heterocycles. The number of benzene rings is 1. The highest BCUT2D eigenvalue weighted by Gasteiger charge is 2.26. The highest BCUT2D eigenvalue weighted by molar-refractivity contribution is 8.14. The van der Waals surface area contributed by atoms with Gasteiger partial charge in [-0.25, -0.2) is 15.0 Å². The van der Waals surface area contributed by atoms with Crippen LogP contribution in [0.2, 0.25) is 5.02 Å². The minimum Gasteiger partial charge on any atom is -0.292 e. The maximum absolute atomic E-state index is 11.7. The Morgan fingerprint density at radius 3 is 2.86 bits per heavy atom. The van der Waals surface area contributed by atoms with Crippen LogP contribution < -0.4 is 5.01 Å². The molecule has 114 valence electrons. The van der Waals surface area contributed by atoms with Gasteiger partial charge in [0.05, 0.1) is 11.0 Å². The Labute approximate surface area is 141 Å². The van der Waals surface area contributed by atoms with E-state index in [9.17, 15) is 4.79 Å². The van der Waals surface area contributed by atoms with E-state index in [1.54, 1.807) is 31.2 Å². The number of halogens is 2. The lowest BCUT2D eigenvalue weighted by atomic mass is 10.3. The van der Waals surface area contributed by atoms with Crippen LogP contribution in [0.1, 0.15) is 0 Å². The van der Waals surface area contributed by atoms with Crippen LogP contribution in [-0.2, 0) is 4.79 Å². The first kappa shape index (κ1) is 15.3. The number of carbonyl (C=O) groups excluding carboxylic acids is 1. The predicted octanol–water partition coefficient (Wildman–Crippen LogP) is 2.79. The molecule has 9 heteroatoms. The molecule has 2 aromatic rings. The summed E-state index contributed by atoms with van der Waals surface area (Å²) in [6.07, 6.45) is 0. The number of thioether (sulfide) groups is 1. The summed E-state index contributed by atoms with van der Waals surface area (Å²) in [5, 5.41) is 7.70. The summed E-state index contributed by atoms with van der Waals surface area (Å²) in [5.41, 5.74) is 1.43. The molecule has 1 amide bonds. The molecule has 0 bridgehead atoms. The fraction of sp³-hybridized carbons (Fsp3) is 0.231. The van der Waals surface area contributed by atoms with E-state index in [2.05, 4.69) is 15.1 Å². The van der Waals surface area contributed by atoms with Gasteiger partial charge in [0.2, 0.25) is 5.91 Å². The molecule has 1 aromatic carbocycles. The fourth-order valence-corrected chi connectivity index (χ4v) is 3.23. The third-order valence-corrected chi connectivity index (χ3v) is 4.55. The largest absolute Gasteiger partial charge is 0.292 e. The Morgan fingerprint density at radius 1 is 1.36 bits per heavy atom. The van der Waals surface area contributed by atoms with Crippen molar-refractivity contribution in [3.8, 4) is 0 Å². The molecule has 22 heavy (non-hydrogen) atoms. The van der Waals surface area contributed by atoms with Gasteiger partial charge in [-0.05, 0) is 30.0 Å². The van der Waals surface area contributed by atoms with Crippen LogP contribution >= 0.6 is 35.0 Å². The van der Waals surface area contributed by atoms with Gasteiger partial charge in [-0.1, -0.05) is 11.6 Å². The first-order chi connectivity index (χ1) is 10.5. The van der Waals surface area contributed by atoms with Gasteiger partial charge in [0.1, 0.15) is 10.9 Å². The van der Waals surface area contributed by atoms with Gasteiger partial charge in [-0.2, -0.15) is 0 Å². The summed E-state index contributed by atoms with van der Waals surface area (Å²) >= 11 is 12.9. The average Bonchev–Trinajstić information content (AvgIpc) is 2.51. The minimum atomic E-state index is -0.235. The molecule has 2 heterocycles. The van der Waals surface area contributed by atoms with Crippen molar-refractivity contribution >= 4 is 62.9 Å². The van der Waals surface area contributed by atoms with Crippen LogP contribution in [0.25, 0.3) is 11.0 Å². The number of alkyl halides is 1. The number of rotatable bonds is 1. The number of nitrogens with zero attached hydrogens (tertiary/aromatic N) is 5. The van der Waals surface area contributed by atoms with E-state index < -0.39 is 0 Å². The van der Waals surface area contributed by atoms with Crippen molar-refractivity contribution in [3.63, 3.8) is 0 Å². The SMILES string of the molecule is CN(C(=O)CCl)C1=NN(C)c2nc3ccc(Cl)cc3nc2S1. The molecular weight excluding hydrogens is 345 g/mol. The smallest absolute Gasteiger partial charge is 0.243 e. The van der Waals surface area contributed by atoms with Gasteiger partial charge in [0.25, 0.3) is 0 Å². The maximum atomic E-state index is 11.7. The predicted molar refractivity (Wildman–Crippen MR) is 89.7 cm³/mol. The Hall–Kier alpha value is -1.57. The lowest BCUT2D eigenvalue weighted by Crippen LogP contribution is -2.35. The highest BCUT2D eigenvalue weighted by Crippen LogP contribution is 2.34. The average molecular weight is 356 g/mol. The number of hydrogen-bond donors (Lipinski definition) is 0. The number of aromatic nitrogens is 2. The van der Waals surface area contributed by atoms with Gasteiger partial charge in [-0.15, -0.1) is 16.7 Å². The lowest BCUT2D eigenvalue weighted by molar-refractivity contribution is -0.123. The molecule has 1 aromatic heterocycles. The van der Waals surface area contributed by atoms with Crippen molar-refractivity contribution < 1.29 is 4.79 Å². The number of amides is 1. The van der Waals surface area contributed by atoms with Crippen molar-refractivity contribution in [2.24, 2.45) is 5.10 Å². The number of amidine groups is 1. The number of fused-ring (bicyclic) bond motifs is 2. The Balaban J connectivity index is 2.04.